The fourth-order valence-corrected chi connectivity index (χ4v) is 3.84. The van der Waals surface area contributed by atoms with E-state index in [0.717, 1.165) is 36.8 Å². The predicted molar refractivity (Wildman–Crippen MR) is 68.1 cm³/mol. The average Bonchev–Trinajstić information content (AvgIpc) is 2.71. The van der Waals surface area contributed by atoms with Crippen molar-refractivity contribution in [3.63, 3.8) is 0 Å². The van der Waals surface area contributed by atoms with Gasteiger partial charge in [-0.1, -0.05) is 0 Å². The zero-order valence-electron chi connectivity index (χ0n) is 10.0. The van der Waals surface area contributed by atoms with E-state index in [0.29, 0.717) is 6.54 Å². The van der Waals surface area contributed by atoms with Crippen LogP contribution in [0.2, 0.25) is 0 Å². The van der Waals surface area contributed by atoms with Crippen LogP contribution in [-0.4, -0.2) is 37.5 Å². The summed E-state index contributed by atoms with van der Waals surface area (Å²) in [5.74, 6) is 5.40. The number of aryl methyl sites for hydroxylation is 1. The van der Waals surface area contributed by atoms with Crippen LogP contribution in [0.4, 0.5) is 0 Å². The van der Waals surface area contributed by atoms with Gasteiger partial charge in [-0.3, -0.25) is 0 Å². The van der Waals surface area contributed by atoms with Crippen molar-refractivity contribution in [3.8, 4) is 0 Å². The van der Waals surface area contributed by atoms with Gasteiger partial charge in [0.25, 0.3) is 0 Å². The van der Waals surface area contributed by atoms with Crippen molar-refractivity contribution in [2.45, 2.75) is 44.8 Å². The molecular formula is C12H19N3OS. The minimum Gasteiger partial charge on any atom is -0.391 e. The van der Waals surface area contributed by atoms with Gasteiger partial charge < -0.3 is 5.11 Å². The molecule has 1 fully saturated rings. The number of aliphatic hydroxyl groups is 1. The largest absolute Gasteiger partial charge is 0.391 e. The first-order chi connectivity index (χ1) is 8.31. The van der Waals surface area contributed by atoms with E-state index in [1.165, 1.54) is 24.3 Å². The molecule has 17 heavy (non-hydrogen) atoms. The van der Waals surface area contributed by atoms with Crippen molar-refractivity contribution < 1.29 is 5.11 Å². The van der Waals surface area contributed by atoms with Crippen LogP contribution >= 0.6 is 11.8 Å². The van der Waals surface area contributed by atoms with Crippen LogP contribution in [0.3, 0.4) is 0 Å². The molecule has 0 radical (unpaired) electrons. The van der Waals surface area contributed by atoms with E-state index in [9.17, 15) is 5.11 Å². The van der Waals surface area contributed by atoms with Crippen LogP contribution < -0.4 is 0 Å². The van der Waals surface area contributed by atoms with Gasteiger partial charge >= 0.3 is 0 Å². The van der Waals surface area contributed by atoms with Crippen molar-refractivity contribution in [1.29, 1.82) is 0 Å². The average molecular weight is 253 g/mol. The zero-order chi connectivity index (χ0) is 11.7. The predicted octanol–water partition coefficient (Wildman–Crippen LogP) is 1.27. The molecule has 0 aliphatic carbocycles. The molecule has 1 saturated heterocycles. The number of fused-ring (bicyclic) bond motifs is 1. The normalized spacial score (nSPS) is 25.8. The summed E-state index contributed by atoms with van der Waals surface area (Å²) < 4.78 is 1.90. The summed E-state index contributed by atoms with van der Waals surface area (Å²) in [6.45, 7) is 0.628. The Morgan fingerprint density at radius 3 is 2.94 bits per heavy atom. The van der Waals surface area contributed by atoms with Crippen molar-refractivity contribution >= 4 is 11.8 Å². The Morgan fingerprint density at radius 2 is 2.12 bits per heavy atom. The lowest BCUT2D eigenvalue weighted by atomic mass is 9.99. The highest BCUT2D eigenvalue weighted by Gasteiger charge is 2.22. The molecule has 4 nitrogen and oxygen atoms in total. The summed E-state index contributed by atoms with van der Waals surface area (Å²) in [4.78, 5) is 4.61. The summed E-state index contributed by atoms with van der Waals surface area (Å²) in [5.41, 5.74) is 0. The van der Waals surface area contributed by atoms with Gasteiger partial charge in [-0.05, 0) is 36.7 Å². The molecule has 3 rings (SSSR count). The zero-order valence-corrected chi connectivity index (χ0v) is 10.8. The van der Waals surface area contributed by atoms with E-state index in [2.05, 4.69) is 21.8 Å². The Bertz CT molecular complexity index is 387. The highest BCUT2D eigenvalue weighted by molar-refractivity contribution is 7.99. The third-order valence-electron chi connectivity index (χ3n) is 3.69. The Balaban J connectivity index is 1.67. The summed E-state index contributed by atoms with van der Waals surface area (Å²) in [5, 5.41) is 14.1. The molecule has 94 valence electrons. The number of thioether (sulfide) groups is 1. The van der Waals surface area contributed by atoms with Crippen molar-refractivity contribution in [3.05, 3.63) is 11.6 Å². The third-order valence-corrected chi connectivity index (χ3v) is 4.74. The number of rotatable bonds is 2. The molecule has 3 heterocycles. The maximum Gasteiger partial charge on any atom is 0.151 e. The van der Waals surface area contributed by atoms with Crippen LogP contribution in [0.25, 0.3) is 0 Å². The van der Waals surface area contributed by atoms with Crippen LogP contribution in [0.5, 0.6) is 0 Å². The fraction of sp³-hybridized carbons (Fsp3) is 0.833. The van der Waals surface area contributed by atoms with Gasteiger partial charge in [0.15, 0.2) is 5.82 Å². The summed E-state index contributed by atoms with van der Waals surface area (Å²) in [6.07, 6.45) is 5.10. The quantitative estimate of drug-likeness (QED) is 0.862. The van der Waals surface area contributed by atoms with E-state index in [4.69, 9.17) is 0 Å². The van der Waals surface area contributed by atoms with Crippen LogP contribution in [0.15, 0.2) is 0 Å². The lowest BCUT2D eigenvalue weighted by molar-refractivity contribution is 0.124. The van der Waals surface area contributed by atoms with Crippen molar-refractivity contribution in [1.82, 2.24) is 14.8 Å². The minimum absolute atomic E-state index is 0.233. The molecule has 2 aliphatic heterocycles. The lowest BCUT2D eigenvalue weighted by Gasteiger charge is -2.19. The molecule has 1 atom stereocenters. The van der Waals surface area contributed by atoms with Gasteiger partial charge in [0.05, 0.1) is 12.6 Å². The first-order valence-corrected chi connectivity index (χ1v) is 7.65. The number of aliphatic hydroxyl groups excluding tert-OH is 1. The van der Waals surface area contributed by atoms with E-state index in [1.807, 2.05) is 4.68 Å². The second-order valence-corrected chi connectivity index (χ2v) is 6.30. The van der Waals surface area contributed by atoms with E-state index < -0.39 is 0 Å². The molecule has 0 saturated carbocycles. The van der Waals surface area contributed by atoms with Gasteiger partial charge in [0.2, 0.25) is 0 Å². The molecule has 0 bridgehead atoms. The summed E-state index contributed by atoms with van der Waals surface area (Å²) >= 11 is 2.06. The lowest BCUT2D eigenvalue weighted by Crippen LogP contribution is -2.25. The second-order valence-electron chi connectivity index (χ2n) is 5.08. The number of hydrogen-bond acceptors (Lipinski definition) is 4. The van der Waals surface area contributed by atoms with Crippen LogP contribution in [0, 0.1) is 5.92 Å². The number of aromatic nitrogens is 3. The fourth-order valence-electron chi connectivity index (χ4n) is 2.64. The van der Waals surface area contributed by atoms with Crippen molar-refractivity contribution in [2.75, 3.05) is 11.5 Å². The SMILES string of the molecule is OC1CCc2nc(CC3CCSCC3)nn2C1. The van der Waals surface area contributed by atoms with Gasteiger partial charge in [0, 0.05) is 12.8 Å². The molecule has 2 aliphatic rings. The van der Waals surface area contributed by atoms with Crippen molar-refractivity contribution in [2.24, 2.45) is 5.92 Å². The smallest absolute Gasteiger partial charge is 0.151 e. The molecule has 1 unspecified atom stereocenters. The molecular weight excluding hydrogens is 234 g/mol. The molecule has 1 aromatic heterocycles. The minimum atomic E-state index is -0.233. The number of nitrogens with zero attached hydrogens (tertiary/aromatic N) is 3. The Morgan fingerprint density at radius 1 is 1.29 bits per heavy atom. The monoisotopic (exact) mass is 253 g/mol. The first kappa shape index (κ1) is 11.5. The first-order valence-electron chi connectivity index (χ1n) is 6.49. The highest BCUT2D eigenvalue weighted by Crippen LogP contribution is 2.25. The Kier molecular flexibility index (Phi) is 3.38. The Hall–Kier alpha value is -0.550. The summed E-state index contributed by atoms with van der Waals surface area (Å²) in [6, 6.07) is 0. The molecule has 0 amide bonds. The molecule has 0 aromatic carbocycles. The third kappa shape index (κ3) is 2.65. The topological polar surface area (TPSA) is 50.9 Å². The summed E-state index contributed by atoms with van der Waals surface area (Å²) in [7, 11) is 0. The maximum atomic E-state index is 9.60. The van der Waals surface area contributed by atoms with Gasteiger partial charge in [-0.2, -0.15) is 16.9 Å². The number of hydrogen-bond donors (Lipinski definition) is 1. The maximum absolute atomic E-state index is 9.60. The van der Waals surface area contributed by atoms with Crippen LogP contribution in [-0.2, 0) is 19.4 Å². The van der Waals surface area contributed by atoms with E-state index in [1.54, 1.807) is 0 Å². The highest BCUT2D eigenvalue weighted by atomic mass is 32.2. The van der Waals surface area contributed by atoms with E-state index in [-0.39, 0.29) is 6.10 Å². The van der Waals surface area contributed by atoms with Gasteiger partial charge in [-0.25, -0.2) is 9.67 Å². The van der Waals surface area contributed by atoms with Gasteiger partial charge in [-0.15, -0.1) is 0 Å². The molecule has 0 spiro atoms. The van der Waals surface area contributed by atoms with Gasteiger partial charge in [0.1, 0.15) is 5.82 Å². The van der Waals surface area contributed by atoms with Crippen LogP contribution in [0.1, 0.15) is 30.9 Å². The second kappa shape index (κ2) is 4.98. The van der Waals surface area contributed by atoms with E-state index >= 15 is 0 Å². The standard InChI is InChI=1S/C12H19N3OS/c16-10-1-2-12-13-11(14-15(12)8-10)7-9-3-5-17-6-4-9/h9-10,16H,1-8H2. The molecule has 5 heteroatoms. The Labute approximate surface area is 106 Å². The molecule has 1 N–H and O–H groups in total. The molecule has 1 aromatic rings.